The molecule has 20 heteroatoms. The number of hydrogen-bond acceptors (Lipinski definition) is 15. The number of aryl methyl sites for hydroxylation is 2. The van der Waals surface area contributed by atoms with Gasteiger partial charge in [0.15, 0.2) is 11.6 Å². The number of aromatic amines is 1. The SMILES string of the molecule is Cc1ncsc1-c1ccc(CCC(=O)[C@@H]2C[C@@H](O)CN2C(=O)[C@@H](CC(=O)CCOCCOCCCC(=O)CN2CCN(c3ccc(C(=O)Nc4n[nH]c5ccc(Cc6cc(F)cc(F)c6)cc45)c(NC4CCOCC4)c3)CC2)C(C)(C)C)cc1. The smallest absolute Gasteiger partial charge is 0.258 e. The van der Waals surface area contributed by atoms with E-state index in [0.29, 0.717) is 118 Å². The number of nitrogens with one attached hydrogen (secondary N) is 3. The summed E-state index contributed by atoms with van der Waals surface area (Å²) in [6, 6.07) is 22.2. The molecule has 84 heavy (non-hydrogen) atoms. The Hall–Kier alpha value is -6.81. The van der Waals surface area contributed by atoms with Crippen LogP contribution in [0.15, 0.2) is 84.4 Å². The molecule has 2 aromatic heterocycles. The molecular formula is C64H78F2N8O9S. The molecule has 0 saturated carbocycles. The maximum atomic E-state index is 14.1. The van der Waals surface area contributed by atoms with Crippen molar-refractivity contribution in [2.75, 3.05) is 94.4 Å². The highest BCUT2D eigenvalue weighted by molar-refractivity contribution is 7.13. The first-order valence-electron chi connectivity index (χ1n) is 29.3. The van der Waals surface area contributed by atoms with Gasteiger partial charge in [-0.1, -0.05) is 51.1 Å². The first kappa shape index (κ1) is 61.7. The molecule has 5 heterocycles. The topological polar surface area (TPSA) is 209 Å². The van der Waals surface area contributed by atoms with Crippen LogP contribution in [-0.4, -0.2) is 156 Å². The van der Waals surface area contributed by atoms with Gasteiger partial charge in [0.2, 0.25) is 5.91 Å². The predicted octanol–water partition coefficient (Wildman–Crippen LogP) is 9.39. The van der Waals surface area contributed by atoms with Gasteiger partial charge in [-0.05, 0) is 109 Å². The van der Waals surface area contributed by atoms with Gasteiger partial charge in [-0.3, -0.25) is 34.0 Å². The number of piperazine rings is 1. The molecule has 0 radical (unpaired) electrons. The maximum absolute atomic E-state index is 14.1. The summed E-state index contributed by atoms with van der Waals surface area (Å²) >= 11 is 1.59. The number of halogens is 2. The second-order valence-electron chi connectivity index (χ2n) is 23.5. The largest absolute Gasteiger partial charge is 0.391 e. The first-order valence-corrected chi connectivity index (χ1v) is 30.2. The van der Waals surface area contributed by atoms with E-state index in [2.05, 4.69) is 35.6 Å². The Morgan fingerprint density at radius 1 is 0.833 bits per heavy atom. The third-order valence-corrected chi connectivity index (χ3v) is 17.1. The number of rotatable bonds is 27. The molecule has 0 aliphatic carbocycles. The monoisotopic (exact) mass is 1170 g/mol. The fraction of sp³-hybridized carbons (Fsp3) is 0.484. The van der Waals surface area contributed by atoms with Gasteiger partial charge in [-0.15, -0.1) is 11.3 Å². The number of carbonyl (C=O) groups excluding carboxylic acids is 5. The van der Waals surface area contributed by atoms with Crippen molar-refractivity contribution in [3.63, 3.8) is 0 Å². The van der Waals surface area contributed by atoms with Gasteiger partial charge < -0.3 is 39.8 Å². The number of ether oxygens (including phenoxy) is 3. The van der Waals surface area contributed by atoms with Crippen LogP contribution in [0.4, 0.5) is 26.0 Å². The van der Waals surface area contributed by atoms with Crippen LogP contribution in [0.3, 0.4) is 0 Å². The van der Waals surface area contributed by atoms with Crippen LogP contribution in [0, 0.1) is 29.9 Å². The van der Waals surface area contributed by atoms with Crippen molar-refractivity contribution in [3.8, 4) is 10.4 Å². The minimum absolute atomic E-state index is 0.00172. The van der Waals surface area contributed by atoms with Crippen molar-refractivity contribution < 1.29 is 52.1 Å². The number of aliphatic hydroxyl groups excluding tert-OH is 1. The van der Waals surface area contributed by atoms with E-state index in [4.69, 9.17) is 14.2 Å². The number of thiazole rings is 1. The van der Waals surface area contributed by atoms with Gasteiger partial charge in [0.05, 0.1) is 65.7 Å². The predicted molar refractivity (Wildman–Crippen MR) is 321 cm³/mol. The number of nitrogens with zero attached hydrogens (tertiary/aromatic N) is 5. The molecule has 3 aliphatic heterocycles. The van der Waals surface area contributed by atoms with Crippen LogP contribution in [-0.2, 0) is 46.2 Å². The Balaban J connectivity index is 0.666. The van der Waals surface area contributed by atoms with E-state index >= 15 is 0 Å². The Kier molecular flexibility index (Phi) is 21.2. The van der Waals surface area contributed by atoms with Crippen molar-refractivity contribution in [1.82, 2.24) is 25.0 Å². The second-order valence-corrected chi connectivity index (χ2v) is 24.3. The van der Waals surface area contributed by atoms with Gasteiger partial charge in [-0.2, -0.15) is 5.10 Å². The minimum Gasteiger partial charge on any atom is -0.391 e. The lowest BCUT2D eigenvalue weighted by Gasteiger charge is -2.36. The Morgan fingerprint density at radius 2 is 1.56 bits per heavy atom. The average molecular weight is 1170 g/mol. The quantitative estimate of drug-likeness (QED) is 0.0355. The highest BCUT2D eigenvalue weighted by Gasteiger charge is 2.44. The number of β-amino-alcohol motifs (C(OH)–C–C–N with tert-alkyl or cyclic N) is 1. The molecule has 0 bridgehead atoms. The fourth-order valence-corrected chi connectivity index (χ4v) is 12.2. The molecule has 3 saturated heterocycles. The summed E-state index contributed by atoms with van der Waals surface area (Å²) in [5.74, 6) is -2.33. The minimum atomic E-state index is -0.815. The molecule has 3 aliphatic rings. The van der Waals surface area contributed by atoms with E-state index in [1.54, 1.807) is 11.3 Å². The number of benzene rings is 4. The summed E-state index contributed by atoms with van der Waals surface area (Å²) < 4.78 is 45.0. The van der Waals surface area contributed by atoms with Gasteiger partial charge in [-0.25, -0.2) is 13.8 Å². The molecule has 17 nitrogen and oxygen atoms in total. The number of ketones is 3. The number of carbonyl (C=O) groups is 5. The van der Waals surface area contributed by atoms with Crippen LogP contribution in [0.5, 0.6) is 0 Å². The normalized spacial score (nSPS) is 17.4. The van der Waals surface area contributed by atoms with Crippen molar-refractivity contribution in [2.45, 2.75) is 110 Å². The van der Waals surface area contributed by atoms with Gasteiger partial charge in [0, 0.05) is 119 Å². The summed E-state index contributed by atoms with van der Waals surface area (Å²) in [4.78, 5) is 79.5. The molecule has 0 unspecified atom stereocenters. The zero-order chi connectivity index (χ0) is 59.3. The number of H-pyrrole nitrogens is 1. The number of Topliss-reactive ketones (excluding diaryl/α,β-unsaturated/α-hetero) is 3. The van der Waals surface area contributed by atoms with E-state index in [0.717, 1.165) is 51.9 Å². The van der Waals surface area contributed by atoms with Crippen LogP contribution < -0.4 is 15.5 Å². The van der Waals surface area contributed by atoms with Crippen molar-refractivity contribution >= 4 is 68.6 Å². The van der Waals surface area contributed by atoms with Crippen molar-refractivity contribution in [1.29, 1.82) is 0 Å². The molecule has 0 spiro atoms. The number of anilines is 3. The molecule has 4 aromatic carbocycles. The number of aliphatic hydroxyl groups is 1. The standard InChI is InChI=1S/C64H78F2N8O9S/c1-41-60(84-40-67-41)45-11-7-42(8-12-45)10-16-59(78)58-37-52(77)39-74(58)63(80)55(64(2,3)4)36-50(75)19-27-83-29-28-81-24-5-6-51(76)38-72-20-22-73(23-21-72)49-13-14-53(57(35-49)68-48-17-25-82-26-18-48)62(79)69-61-54-33-43(9-15-56(54)70-71-61)30-44-31-46(65)34-47(66)32-44/h7-9,11-15,31-35,40,48,52,55,58,68,77H,5-6,10,16-30,36-39H2,1-4H3,(H2,69,70,71,79)/t52-,55-,58+/m1/s1. The molecule has 4 N–H and O–H groups in total. The molecule has 3 fully saturated rings. The van der Waals surface area contributed by atoms with E-state index in [1.807, 2.05) is 93.9 Å². The molecular weight excluding hydrogens is 1090 g/mol. The van der Waals surface area contributed by atoms with Gasteiger partial charge in [0.1, 0.15) is 23.2 Å². The number of hydrogen-bond donors (Lipinski definition) is 4. The molecule has 448 valence electrons. The lowest BCUT2D eigenvalue weighted by atomic mass is 9.76. The van der Waals surface area contributed by atoms with Crippen LogP contribution in [0.1, 0.15) is 105 Å². The zero-order valence-electron chi connectivity index (χ0n) is 48.6. The van der Waals surface area contributed by atoms with E-state index in [1.165, 1.54) is 17.0 Å². The average Bonchev–Trinajstić information content (AvgIpc) is 4.38. The number of likely N-dealkylation sites (tertiary alicyclic amines) is 1. The third-order valence-electron chi connectivity index (χ3n) is 16.1. The van der Waals surface area contributed by atoms with Crippen LogP contribution in [0.2, 0.25) is 0 Å². The summed E-state index contributed by atoms with van der Waals surface area (Å²) in [5.41, 5.74) is 8.42. The molecule has 3 atom stereocenters. The number of amides is 2. The summed E-state index contributed by atoms with van der Waals surface area (Å²) in [7, 11) is 0. The summed E-state index contributed by atoms with van der Waals surface area (Å²) in [5, 5.41) is 25.3. The fourth-order valence-electron chi connectivity index (χ4n) is 11.4. The summed E-state index contributed by atoms with van der Waals surface area (Å²) in [6.45, 7) is 13.3. The molecule has 2 amide bonds. The Bertz CT molecular complexity index is 3220. The molecule has 9 rings (SSSR count). The van der Waals surface area contributed by atoms with Gasteiger partial charge in [0.25, 0.3) is 5.91 Å². The number of aromatic nitrogens is 3. The van der Waals surface area contributed by atoms with E-state index in [9.17, 15) is 37.9 Å². The van der Waals surface area contributed by atoms with Crippen LogP contribution in [0.25, 0.3) is 21.3 Å². The zero-order valence-corrected chi connectivity index (χ0v) is 49.4. The van der Waals surface area contributed by atoms with Gasteiger partial charge >= 0.3 is 0 Å². The number of fused-ring (bicyclic) bond motifs is 1. The van der Waals surface area contributed by atoms with E-state index < -0.39 is 35.1 Å². The lowest BCUT2D eigenvalue weighted by molar-refractivity contribution is -0.146. The first-order chi connectivity index (χ1) is 40.4. The van der Waals surface area contributed by atoms with E-state index in [-0.39, 0.29) is 80.6 Å². The molecule has 6 aromatic rings. The highest BCUT2D eigenvalue weighted by Crippen LogP contribution is 2.35. The lowest BCUT2D eigenvalue weighted by Crippen LogP contribution is -2.48. The third kappa shape index (κ3) is 16.7. The maximum Gasteiger partial charge on any atom is 0.258 e. The Morgan fingerprint density at radius 3 is 2.27 bits per heavy atom. The van der Waals surface area contributed by atoms with Crippen LogP contribution >= 0.6 is 11.3 Å². The Labute approximate surface area is 493 Å². The van der Waals surface area contributed by atoms with Crippen molar-refractivity contribution in [3.05, 3.63) is 124 Å². The summed E-state index contributed by atoms with van der Waals surface area (Å²) in [6.07, 6.45) is 3.07. The second kappa shape index (κ2) is 28.9. The van der Waals surface area contributed by atoms with Crippen molar-refractivity contribution in [2.24, 2.45) is 11.3 Å². The highest BCUT2D eigenvalue weighted by atomic mass is 32.1.